The van der Waals surface area contributed by atoms with Gasteiger partial charge in [-0.25, -0.2) is 14.4 Å². The van der Waals surface area contributed by atoms with Crippen molar-refractivity contribution >= 4 is 29.0 Å². The minimum atomic E-state index is -0.619. The quantitative estimate of drug-likeness (QED) is 0.683. The number of primary amides is 1. The molecule has 0 aliphatic heterocycles. The number of carbonyl (C=O) groups excluding carboxylic acids is 1. The number of carbonyl (C=O) groups is 1. The van der Waals surface area contributed by atoms with Crippen molar-refractivity contribution in [2.45, 2.75) is 19.8 Å². The first-order valence-corrected chi connectivity index (χ1v) is 8.57. The van der Waals surface area contributed by atoms with Crippen LogP contribution in [0.25, 0.3) is 11.4 Å². The Morgan fingerprint density at radius 1 is 1.26 bits per heavy atom. The molecular weight excluding hydrogens is 369 g/mol. The summed E-state index contributed by atoms with van der Waals surface area (Å²) in [7, 11) is 0. The summed E-state index contributed by atoms with van der Waals surface area (Å²) >= 11 is 5.98. The standard InChI is InChI=1S/C19H17ClFN5O/c1-10(2)13-9-24-18(12-7-11(20)3-4-15(12)21)26-19(13)25-16-5-6-23-8-14(16)17(22)27/h3-10H,1-2H3,(H2,22,27)(H,23,24,25,26). The predicted octanol–water partition coefficient (Wildman–Crippen LogP) is 4.30. The highest BCUT2D eigenvalue weighted by Crippen LogP contribution is 2.30. The molecule has 0 saturated heterocycles. The Kier molecular flexibility index (Phi) is 5.32. The third-order valence-electron chi connectivity index (χ3n) is 3.95. The molecule has 8 heteroatoms. The second kappa shape index (κ2) is 7.67. The number of aromatic nitrogens is 3. The third-order valence-corrected chi connectivity index (χ3v) is 4.18. The van der Waals surface area contributed by atoms with E-state index in [0.717, 1.165) is 5.56 Å². The first-order chi connectivity index (χ1) is 12.9. The van der Waals surface area contributed by atoms with Gasteiger partial charge in [-0.1, -0.05) is 25.4 Å². The zero-order valence-corrected chi connectivity index (χ0v) is 15.5. The first kappa shape index (κ1) is 18.7. The van der Waals surface area contributed by atoms with Crippen molar-refractivity contribution < 1.29 is 9.18 Å². The molecule has 0 saturated carbocycles. The molecule has 0 unspecified atom stereocenters. The molecule has 1 amide bonds. The summed E-state index contributed by atoms with van der Waals surface area (Å²) in [6.45, 7) is 3.95. The lowest BCUT2D eigenvalue weighted by Gasteiger charge is -2.16. The minimum absolute atomic E-state index is 0.0876. The topological polar surface area (TPSA) is 93.8 Å². The molecule has 0 aliphatic carbocycles. The van der Waals surface area contributed by atoms with E-state index in [1.807, 2.05) is 13.8 Å². The van der Waals surface area contributed by atoms with Gasteiger partial charge < -0.3 is 11.1 Å². The molecule has 3 rings (SSSR count). The number of benzene rings is 1. The van der Waals surface area contributed by atoms with Crippen LogP contribution in [0.15, 0.2) is 42.9 Å². The lowest BCUT2D eigenvalue weighted by molar-refractivity contribution is 0.100. The van der Waals surface area contributed by atoms with Gasteiger partial charge in [-0.2, -0.15) is 0 Å². The van der Waals surface area contributed by atoms with Gasteiger partial charge in [0.15, 0.2) is 5.82 Å². The molecule has 0 atom stereocenters. The molecule has 0 fully saturated rings. The number of pyridine rings is 1. The SMILES string of the molecule is CC(C)c1cnc(-c2cc(Cl)ccc2F)nc1Nc1ccncc1C(N)=O. The van der Waals surface area contributed by atoms with Crippen molar-refractivity contribution in [2.75, 3.05) is 5.32 Å². The Bertz CT molecular complexity index is 1010. The van der Waals surface area contributed by atoms with Crippen molar-refractivity contribution in [1.29, 1.82) is 0 Å². The highest BCUT2D eigenvalue weighted by Gasteiger charge is 2.17. The first-order valence-electron chi connectivity index (χ1n) is 8.20. The van der Waals surface area contributed by atoms with Gasteiger partial charge >= 0.3 is 0 Å². The summed E-state index contributed by atoms with van der Waals surface area (Å²) < 4.78 is 14.2. The average Bonchev–Trinajstić information content (AvgIpc) is 2.63. The molecule has 0 bridgehead atoms. The summed E-state index contributed by atoms with van der Waals surface area (Å²) in [5.41, 5.74) is 7.07. The van der Waals surface area contributed by atoms with Gasteiger partial charge in [0.05, 0.1) is 16.8 Å². The number of halogens is 2. The molecule has 2 aromatic heterocycles. The molecule has 2 heterocycles. The van der Waals surface area contributed by atoms with Crippen LogP contribution in [0, 0.1) is 5.82 Å². The van der Waals surface area contributed by atoms with Crippen LogP contribution in [0.2, 0.25) is 5.02 Å². The van der Waals surface area contributed by atoms with Crippen molar-refractivity contribution in [3.05, 3.63) is 64.8 Å². The maximum atomic E-state index is 14.2. The monoisotopic (exact) mass is 385 g/mol. The fourth-order valence-electron chi connectivity index (χ4n) is 2.54. The number of nitrogens with one attached hydrogen (secondary N) is 1. The second-order valence-corrected chi connectivity index (χ2v) is 6.62. The molecule has 6 nitrogen and oxygen atoms in total. The number of rotatable bonds is 5. The number of hydrogen-bond donors (Lipinski definition) is 2. The smallest absolute Gasteiger partial charge is 0.252 e. The molecule has 3 N–H and O–H groups in total. The Morgan fingerprint density at radius 3 is 2.74 bits per heavy atom. The fraction of sp³-hybridized carbons (Fsp3) is 0.158. The lowest BCUT2D eigenvalue weighted by atomic mass is 10.1. The molecule has 0 radical (unpaired) electrons. The molecule has 138 valence electrons. The van der Waals surface area contributed by atoms with E-state index >= 15 is 0 Å². The maximum absolute atomic E-state index is 14.2. The van der Waals surface area contributed by atoms with Crippen LogP contribution >= 0.6 is 11.6 Å². The summed E-state index contributed by atoms with van der Waals surface area (Å²) in [6.07, 6.45) is 4.53. The average molecular weight is 386 g/mol. The van der Waals surface area contributed by atoms with Crippen molar-refractivity contribution in [2.24, 2.45) is 5.73 Å². The lowest BCUT2D eigenvalue weighted by Crippen LogP contribution is -2.14. The Morgan fingerprint density at radius 2 is 2.04 bits per heavy atom. The zero-order chi connectivity index (χ0) is 19.6. The van der Waals surface area contributed by atoms with Gasteiger partial charge in [-0.3, -0.25) is 9.78 Å². The van der Waals surface area contributed by atoms with Crippen LogP contribution in [-0.4, -0.2) is 20.9 Å². The van der Waals surface area contributed by atoms with E-state index in [1.54, 1.807) is 12.3 Å². The number of amides is 1. The van der Waals surface area contributed by atoms with E-state index < -0.39 is 11.7 Å². The van der Waals surface area contributed by atoms with E-state index in [4.69, 9.17) is 17.3 Å². The van der Waals surface area contributed by atoms with Crippen LogP contribution < -0.4 is 11.1 Å². The highest BCUT2D eigenvalue weighted by atomic mass is 35.5. The van der Waals surface area contributed by atoms with Gasteiger partial charge in [0, 0.05) is 29.2 Å². The normalized spacial score (nSPS) is 10.9. The van der Waals surface area contributed by atoms with E-state index in [1.165, 1.54) is 30.6 Å². The van der Waals surface area contributed by atoms with Crippen LogP contribution in [0.3, 0.4) is 0 Å². The van der Waals surface area contributed by atoms with E-state index in [9.17, 15) is 9.18 Å². The Hall–Kier alpha value is -3.06. The summed E-state index contributed by atoms with van der Waals surface area (Å²) in [5, 5.41) is 3.48. The van der Waals surface area contributed by atoms with Crippen LogP contribution in [0.4, 0.5) is 15.9 Å². The number of hydrogen-bond acceptors (Lipinski definition) is 5. The summed E-state index contributed by atoms with van der Waals surface area (Å²) in [4.78, 5) is 24.3. The molecule has 27 heavy (non-hydrogen) atoms. The molecular formula is C19H17ClFN5O. The molecule has 3 aromatic rings. The van der Waals surface area contributed by atoms with Gasteiger partial charge in [0.25, 0.3) is 5.91 Å². The Labute approximate surface area is 160 Å². The predicted molar refractivity (Wildman–Crippen MR) is 103 cm³/mol. The fourth-order valence-corrected chi connectivity index (χ4v) is 2.71. The largest absolute Gasteiger partial charge is 0.365 e. The molecule has 0 aliphatic rings. The summed E-state index contributed by atoms with van der Waals surface area (Å²) in [6, 6.07) is 5.80. The van der Waals surface area contributed by atoms with Crippen molar-refractivity contribution in [3.63, 3.8) is 0 Å². The zero-order valence-electron chi connectivity index (χ0n) is 14.7. The molecule has 0 spiro atoms. The third kappa shape index (κ3) is 4.03. The number of anilines is 2. The van der Waals surface area contributed by atoms with E-state index in [-0.39, 0.29) is 22.9 Å². The molecule has 1 aromatic carbocycles. The van der Waals surface area contributed by atoms with E-state index in [2.05, 4.69) is 20.3 Å². The van der Waals surface area contributed by atoms with Crippen molar-refractivity contribution in [1.82, 2.24) is 15.0 Å². The highest BCUT2D eigenvalue weighted by molar-refractivity contribution is 6.30. The Balaban J connectivity index is 2.11. The maximum Gasteiger partial charge on any atom is 0.252 e. The number of nitrogens with two attached hydrogens (primary N) is 1. The summed E-state index contributed by atoms with van der Waals surface area (Å²) in [5.74, 6) is -0.388. The minimum Gasteiger partial charge on any atom is -0.365 e. The van der Waals surface area contributed by atoms with Crippen LogP contribution in [0.1, 0.15) is 35.7 Å². The second-order valence-electron chi connectivity index (χ2n) is 6.19. The number of nitrogens with zero attached hydrogens (tertiary/aromatic N) is 3. The van der Waals surface area contributed by atoms with E-state index in [0.29, 0.717) is 16.5 Å². The van der Waals surface area contributed by atoms with Gasteiger partial charge in [0.1, 0.15) is 11.6 Å². The van der Waals surface area contributed by atoms with Gasteiger partial charge in [0.2, 0.25) is 0 Å². The van der Waals surface area contributed by atoms with Crippen LogP contribution in [0.5, 0.6) is 0 Å². The van der Waals surface area contributed by atoms with Crippen molar-refractivity contribution in [3.8, 4) is 11.4 Å². The van der Waals surface area contributed by atoms with Gasteiger partial charge in [-0.05, 0) is 30.2 Å². The van der Waals surface area contributed by atoms with Crippen LogP contribution in [-0.2, 0) is 0 Å². The van der Waals surface area contributed by atoms with Gasteiger partial charge in [-0.15, -0.1) is 0 Å².